The van der Waals surface area contributed by atoms with E-state index in [0.717, 1.165) is 49.2 Å². The molecule has 0 saturated carbocycles. The molecule has 0 aliphatic carbocycles. The number of nitrogens with zero attached hydrogens (tertiary/aromatic N) is 1. The number of carbonyl (C=O) groups is 1. The highest BCUT2D eigenvalue weighted by atomic mass is 32.1. The lowest BCUT2D eigenvalue weighted by Crippen LogP contribution is -2.42. The Labute approximate surface area is 164 Å². The molecule has 3 rings (SSSR count). The van der Waals surface area contributed by atoms with Crippen molar-refractivity contribution in [3.63, 3.8) is 0 Å². The van der Waals surface area contributed by atoms with Gasteiger partial charge in [-0.1, -0.05) is 6.07 Å². The largest absolute Gasteiger partial charge is 0.493 e. The van der Waals surface area contributed by atoms with Gasteiger partial charge >= 0.3 is 0 Å². The van der Waals surface area contributed by atoms with Gasteiger partial charge in [-0.15, -0.1) is 11.3 Å². The maximum absolute atomic E-state index is 12.0. The highest BCUT2D eigenvalue weighted by Crippen LogP contribution is 2.28. The third kappa shape index (κ3) is 5.43. The van der Waals surface area contributed by atoms with E-state index >= 15 is 0 Å². The zero-order valence-electron chi connectivity index (χ0n) is 15.9. The molecule has 1 fully saturated rings. The molecule has 2 N–H and O–H groups in total. The van der Waals surface area contributed by atoms with Gasteiger partial charge in [-0.2, -0.15) is 0 Å². The zero-order valence-corrected chi connectivity index (χ0v) is 16.7. The second-order valence-corrected chi connectivity index (χ2v) is 7.60. The van der Waals surface area contributed by atoms with Crippen LogP contribution in [0, 0.1) is 6.92 Å². The first-order chi connectivity index (χ1) is 13.2. The number of aromatic nitrogens is 1. The molecule has 1 aliphatic rings. The van der Waals surface area contributed by atoms with E-state index in [1.54, 1.807) is 18.4 Å². The van der Waals surface area contributed by atoms with Crippen molar-refractivity contribution < 1.29 is 14.3 Å². The number of amides is 1. The van der Waals surface area contributed by atoms with Crippen molar-refractivity contribution in [2.45, 2.75) is 45.2 Å². The molecular weight excluding hydrogens is 362 g/mol. The van der Waals surface area contributed by atoms with E-state index in [2.05, 4.69) is 15.6 Å². The number of hydrogen-bond acceptors (Lipinski definition) is 6. The van der Waals surface area contributed by atoms with Gasteiger partial charge in [-0.05, 0) is 43.9 Å². The number of rotatable bonds is 8. The van der Waals surface area contributed by atoms with Crippen molar-refractivity contribution in [3.05, 3.63) is 39.8 Å². The maximum atomic E-state index is 12.0. The molecule has 2 aromatic rings. The summed E-state index contributed by atoms with van der Waals surface area (Å²) in [5.41, 5.74) is 4.00. The Morgan fingerprint density at radius 2 is 2.22 bits per heavy atom. The van der Waals surface area contributed by atoms with E-state index < -0.39 is 0 Å². The molecule has 146 valence electrons. The van der Waals surface area contributed by atoms with Crippen molar-refractivity contribution >= 4 is 17.2 Å². The van der Waals surface area contributed by atoms with Crippen LogP contribution < -0.4 is 20.1 Å². The fourth-order valence-electron chi connectivity index (χ4n) is 3.14. The van der Waals surface area contributed by atoms with Crippen LogP contribution in [0.25, 0.3) is 0 Å². The Morgan fingerprint density at radius 3 is 3.00 bits per heavy atom. The standard InChI is InChI=1S/C20H27N3O3S/c1-14-19(27-13-23-14)8-10-26-17-7-6-15(11-18(17)25-2)12-22-16-5-3-4-9-21-20(16)24/h6-7,11,13,16,22H,3-5,8-10,12H2,1-2H3,(H,21,24)/t16-/m0/s1. The average molecular weight is 390 g/mol. The molecule has 1 saturated heterocycles. The Kier molecular flexibility index (Phi) is 7.06. The minimum Gasteiger partial charge on any atom is -0.493 e. The zero-order chi connectivity index (χ0) is 19.1. The smallest absolute Gasteiger partial charge is 0.237 e. The predicted molar refractivity (Wildman–Crippen MR) is 107 cm³/mol. The second-order valence-electron chi connectivity index (χ2n) is 6.66. The van der Waals surface area contributed by atoms with Crippen molar-refractivity contribution in [3.8, 4) is 11.5 Å². The highest BCUT2D eigenvalue weighted by Gasteiger charge is 2.19. The van der Waals surface area contributed by atoms with Crippen molar-refractivity contribution in [1.29, 1.82) is 0 Å². The fraction of sp³-hybridized carbons (Fsp3) is 0.500. The quantitative estimate of drug-likeness (QED) is 0.726. The van der Waals surface area contributed by atoms with E-state index in [-0.39, 0.29) is 11.9 Å². The monoisotopic (exact) mass is 389 g/mol. The molecule has 0 radical (unpaired) electrons. The number of methoxy groups -OCH3 is 1. The fourth-order valence-corrected chi connectivity index (χ4v) is 3.90. The summed E-state index contributed by atoms with van der Waals surface area (Å²) in [4.78, 5) is 17.5. The van der Waals surface area contributed by atoms with Gasteiger partial charge in [0.15, 0.2) is 11.5 Å². The third-order valence-electron chi connectivity index (χ3n) is 4.75. The molecule has 27 heavy (non-hydrogen) atoms. The molecule has 6 nitrogen and oxygen atoms in total. The summed E-state index contributed by atoms with van der Waals surface area (Å²) in [5.74, 6) is 1.54. The molecule has 0 spiro atoms. The number of ether oxygens (including phenoxy) is 2. The first-order valence-corrected chi connectivity index (χ1v) is 10.2. The summed E-state index contributed by atoms with van der Waals surface area (Å²) in [6.07, 6.45) is 3.82. The van der Waals surface area contributed by atoms with Crippen LogP contribution in [0.2, 0.25) is 0 Å². The van der Waals surface area contributed by atoms with Crippen LogP contribution in [0.5, 0.6) is 11.5 Å². The van der Waals surface area contributed by atoms with E-state index in [1.165, 1.54) is 4.88 Å². The molecule has 1 aromatic heterocycles. The molecule has 0 unspecified atom stereocenters. The number of aryl methyl sites for hydroxylation is 1. The van der Waals surface area contributed by atoms with Crippen LogP contribution in [0.1, 0.15) is 35.4 Å². The van der Waals surface area contributed by atoms with Crippen LogP contribution in [0.3, 0.4) is 0 Å². The lowest BCUT2D eigenvalue weighted by atomic mass is 10.1. The first kappa shape index (κ1) is 19.6. The summed E-state index contributed by atoms with van der Waals surface area (Å²) in [6.45, 7) is 3.99. The van der Waals surface area contributed by atoms with Gasteiger partial charge in [0.1, 0.15) is 0 Å². The lowest BCUT2D eigenvalue weighted by Gasteiger charge is -2.16. The van der Waals surface area contributed by atoms with Crippen molar-refractivity contribution in [2.75, 3.05) is 20.3 Å². The Bertz CT molecular complexity index is 763. The van der Waals surface area contributed by atoms with Crippen LogP contribution >= 0.6 is 11.3 Å². The van der Waals surface area contributed by atoms with E-state index in [1.807, 2.05) is 30.6 Å². The maximum Gasteiger partial charge on any atom is 0.237 e. The van der Waals surface area contributed by atoms with Gasteiger partial charge in [0.25, 0.3) is 0 Å². The number of benzene rings is 1. The van der Waals surface area contributed by atoms with Gasteiger partial charge < -0.3 is 20.1 Å². The van der Waals surface area contributed by atoms with Gasteiger partial charge in [0, 0.05) is 24.4 Å². The average Bonchev–Trinajstić information content (AvgIpc) is 2.97. The third-order valence-corrected chi connectivity index (χ3v) is 5.74. The second kappa shape index (κ2) is 9.71. The Morgan fingerprint density at radius 1 is 1.33 bits per heavy atom. The number of thiazole rings is 1. The molecule has 0 bridgehead atoms. The van der Waals surface area contributed by atoms with Crippen LogP contribution in [-0.4, -0.2) is 37.2 Å². The Balaban J connectivity index is 1.55. The number of hydrogen-bond donors (Lipinski definition) is 2. The number of carbonyl (C=O) groups excluding carboxylic acids is 1. The topological polar surface area (TPSA) is 72.5 Å². The molecule has 7 heteroatoms. The molecule has 1 aromatic carbocycles. The van der Waals surface area contributed by atoms with Crippen molar-refractivity contribution in [2.24, 2.45) is 0 Å². The molecule has 2 heterocycles. The van der Waals surface area contributed by atoms with Gasteiger partial charge in [-0.25, -0.2) is 4.98 Å². The minimum atomic E-state index is -0.128. The number of nitrogens with one attached hydrogen (secondary N) is 2. The van der Waals surface area contributed by atoms with Crippen molar-refractivity contribution in [1.82, 2.24) is 15.6 Å². The van der Waals surface area contributed by atoms with Gasteiger partial charge in [0.05, 0.1) is 31.0 Å². The summed E-state index contributed by atoms with van der Waals surface area (Å²) in [6, 6.07) is 5.78. The van der Waals surface area contributed by atoms with E-state index in [9.17, 15) is 4.79 Å². The SMILES string of the molecule is COc1cc(CN[C@H]2CCCCNC2=O)ccc1OCCc1scnc1C. The Hall–Kier alpha value is -2.12. The van der Waals surface area contributed by atoms with Crippen LogP contribution in [0.4, 0.5) is 0 Å². The summed E-state index contributed by atoms with van der Waals surface area (Å²) in [5, 5.41) is 6.30. The minimum absolute atomic E-state index is 0.0952. The molecular formula is C20H27N3O3S. The first-order valence-electron chi connectivity index (χ1n) is 9.37. The summed E-state index contributed by atoms with van der Waals surface area (Å²) in [7, 11) is 1.64. The normalized spacial score (nSPS) is 17.3. The molecule has 1 aliphatic heterocycles. The summed E-state index contributed by atoms with van der Waals surface area (Å²) >= 11 is 1.66. The highest BCUT2D eigenvalue weighted by molar-refractivity contribution is 7.09. The van der Waals surface area contributed by atoms with Crippen LogP contribution in [0.15, 0.2) is 23.7 Å². The lowest BCUT2D eigenvalue weighted by molar-refractivity contribution is -0.122. The van der Waals surface area contributed by atoms with Gasteiger partial charge in [0.2, 0.25) is 5.91 Å². The van der Waals surface area contributed by atoms with E-state index in [0.29, 0.717) is 18.9 Å². The van der Waals surface area contributed by atoms with Gasteiger partial charge in [-0.3, -0.25) is 4.79 Å². The van der Waals surface area contributed by atoms with Crippen LogP contribution in [-0.2, 0) is 17.8 Å². The predicted octanol–water partition coefficient (Wildman–Crippen LogP) is 2.84. The molecule has 1 atom stereocenters. The summed E-state index contributed by atoms with van der Waals surface area (Å²) < 4.78 is 11.4. The van der Waals surface area contributed by atoms with E-state index in [4.69, 9.17) is 9.47 Å². The molecule has 1 amide bonds.